The van der Waals surface area contributed by atoms with Crippen LogP contribution in [0.1, 0.15) is 5.82 Å². The Morgan fingerprint density at radius 1 is 1.77 bits per heavy atom. The van der Waals surface area contributed by atoms with E-state index in [1.54, 1.807) is 4.57 Å². The summed E-state index contributed by atoms with van der Waals surface area (Å²) in [4.78, 5) is 10.2. The van der Waals surface area contributed by atoms with Crippen LogP contribution in [0.25, 0.3) is 0 Å². The number of primary amides is 1. The van der Waals surface area contributed by atoms with Crippen molar-refractivity contribution in [2.24, 2.45) is 5.73 Å². The fraction of sp³-hybridized carbons (Fsp3) is 0.500. The lowest BCUT2D eigenvalue weighted by Gasteiger charge is -2.03. The molecule has 0 saturated carbocycles. The molecule has 0 radical (unpaired) electrons. The molecular weight excluding hydrogens is 196 g/mol. The molecule has 1 amide bonds. The van der Waals surface area contributed by atoms with Gasteiger partial charge in [0.15, 0.2) is 0 Å². The topological polar surface area (TPSA) is 83.0 Å². The molecule has 0 aliphatic carbocycles. The number of alkyl halides is 1. The highest BCUT2D eigenvalue weighted by Crippen LogP contribution is 1.98. The van der Waals surface area contributed by atoms with Gasteiger partial charge in [0.05, 0.1) is 12.4 Å². The molecule has 0 aliphatic rings. The van der Waals surface area contributed by atoms with Crippen molar-refractivity contribution in [3.05, 3.63) is 12.2 Å². The standard InChI is InChI=1S/C6H9ClN4O2/c7-3-5-10-9-4-11(5)1-2-13-6(8)12/h4H,1-3H2,(H2,8,12). The normalized spacial score (nSPS) is 9.92. The van der Waals surface area contributed by atoms with Gasteiger partial charge in [0.2, 0.25) is 0 Å². The van der Waals surface area contributed by atoms with Crippen LogP contribution < -0.4 is 5.73 Å². The van der Waals surface area contributed by atoms with Gasteiger partial charge in [-0.15, -0.1) is 21.8 Å². The number of hydrogen-bond donors (Lipinski definition) is 1. The van der Waals surface area contributed by atoms with E-state index >= 15 is 0 Å². The lowest BCUT2D eigenvalue weighted by molar-refractivity contribution is 0.152. The van der Waals surface area contributed by atoms with Gasteiger partial charge >= 0.3 is 6.09 Å². The van der Waals surface area contributed by atoms with Gasteiger partial charge in [-0.05, 0) is 0 Å². The highest BCUT2D eigenvalue weighted by atomic mass is 35.5. The second-order valence-corrected chi connectivity index (χ2v) is 2.51. The fourth-order valence-corrected chi connectivity index (χ4v) is 1.02. The largest absolute Gasteiger partial charge is 0.448 e. The van der Waals surface area contributed by atoms with E-state index in [2.05, 4.69) is 14.9 Å². The van der Waals surface area contributed by atoms with Gasteiger partial charge < -0.3 is 15.0 Å². The summed E-state index contributed by atoms with van der Waals surface area (Å²) in [5.74, 6) is 0.908. The van der Waals surface area contributed by atoms with Crippen molar-refractivity contribution in [3.8, 4) is 0 Å². The zero-order valence-electron chi connectivity index (χ0n) is 6.81. The molecular formula is C6H9ClN4O2. The first kappa shape index (κ1) is 9.79. The zero-order valence-corrected chi connectivity index (χ0v) is 7.57. The maximum absolute atomic E-state index is 10.2. The van der Waals surface area contributed by atoms with Gasteiger partial charge in [0.1, 0.15) is 18.8 Å². The van der Waals surface area contributed by atoms with Gasteiger partial charge in [-0.25, -0.2) is 4.79 Å². The zero-order chi connectivity index (χ0) is 9.68. The third-order valence-electron chi connectivity index (χ3n) is 1.39. The van der Waals surface area contributed by atoms with Crippen LogP contribution in [0.15, 0.2) is 6.33 Å². The van der Waals surface area contributed by atoms with E-state index in [1.165, 1.54) is 6.33 Å². The first-order chi connectivity index (χ1) is 6.24. The molecule has 0 bridgehead atoms. The summed E-state index contributed by atoms with van der Waals surface area (Å²) in [6.45, 7) is 0.648. The Kier molecular flexibility index (Phi) is 3.51. The van der Waals surface area contributed by atoms with E-state index in [-0.39, 0.29) is 12.5 Å². The van der Waals surface area contributed by atoms with E-state index in [1.807, 2.05) is 0 Å². The Morgan fingerprint density at radius 3 is 3.15 bits per heavy atom. The van der Waals surface area contributed by atoms with Crippen LogP contribution in [-0.2, 0) is 17.2 Å². The molecule has 13 heavy (non-hydrogen) atoms. The van der Waals surface area contributed by atoms with Crippen LogP contribution in [0.3, 0.4) is 0 Å². The Labute approximate surface area is 79.6 Å². The minimum atomic E-state index is -0.791. The van der Waals surface area contributed by atoms with Gasteiger partial charge in [0.25, 0.3) is 0 Å². The third kappa shape index (κ3) is 2.90. The third-order valence-corrected chi connectivity index (χ3v) is 1.63. The van der Waals surface area contributed by atoms with Crippen LogP contribution >= 0.6 is 11.6 Å². The number of carbonyl (C=O) groups is 1. The van der Waals surface area contributed by atoms with Crippen molar-refractivity contribution in [1.29, 1.82) is 0 Å². The smallest absolute Gasteiger partial charge is 0.404 e. The number of halogens is 1. The van der Waals surface area contributed by atoms with Crippen molar-refractivity contribution >= 4 is 17.7 Å². The van der Waals surface area contributed by atoms with Gasteiger partial charge in [-0.2, -0.15) is 0 Å². The molecule has 0 unspecified atom stereocenters. The van der Waals surface area contributed by atoms with Gasteiger partial charge in [-0.1, -0.05) is 0 Å². The molecule has 1 heterocycles. The molecule has 0 atom stereocenters. The average molecular weight is 205 g/mol. The van der Waals surface area contributed by atoms with E-state index < -0.39 is 6.09 Å². The maximum Gasteiger partial charge on any atom is 0.404 e. The SMILES string of the molecule is NC(=O)OCCn1cnnc1CCl. The number of hydrogen-bond acceptors (Lipinski definition) is 4. The lowest BCUT2D eigenvalue weighted by Crippen LogP contribution is -2.17. The summed E-state index contributed by atoms with van der Waals surface area (Å²) in [5, 5.41) is 7.39. The molecule has 0 spiro atoms. The van der Waals surface area contributed by atoms with Crippen LogP contribution in [-0.4, -0.2) is 27.5 Å². The molecule has 7 heteroatoms. The Bertz CT molecular complexity index is 288. The monoisotopic (exact) mass is 204 g/mol. The van der Waals surface area contributed by atoms with Crippen LogP contribution in [0.2, 0.25) is 0 Å². The van der Waals surface area contributed by atoms with Gasteiger partial charge in [0, 0.05) is 0 Å². The van der Waals surface area contributed by atoms with E-state index in [0.29, 0.717) is 12.4 Å². The lowest BCUT2D eigenvalue weighted by atomic mass is 10.6. The van der Waals surface area contributed by atoms with Crippen LogP contribution in [0, 0.1) is 0 Å². The number of ether oxygens (including phenoxy) is 1. The summed E-state index contributed by atoms with van der Waals surface area (Å²) in [5.41, 5.74) is 4.77. The maximum atomic E-state index is 10.2. The van der Waals surface area contributed by atoms with E-state index in [9.17, 15) is 4.79 Å². The highest BCUT2D eigenvalue weighted by Gasteiger charge is 2.02. The van der Waals surface area contributed by atoms with E-state index in [4.69, 9.17) is 17.3 Å². The minimum absolute atomic E-state index is 0.192. The van der Waals surface area contributed by atoms with Crippen molar-refractivity contribution in [1.82, 2.24) is 14.8 Å². The van der Waals surface area contributed by atoms with Gasteiger partial charge in [-0.3, -0.25) is 0 Å². The molecule has 1 aromatic heterocycles. The predicted octanol–water partition coefficient (Wildman–Crippen LogP) is 0.112. The van der Waals surface area contributed by atoms with Crippen LogP contribution in [0.4, 0.5) is 4.79 Å². The number of amides is 1. The number of nitrogens with zero attached hydrogens (tertiary/aromatic N) is 3. The summed E-state index contributed by atoms with van der Waals surface area (Å²) >= 11 is 5.56. The molecule has 0 aliphatic heterocycles. The molecule has 0 aromatic carbocycles. The number of nitrogens with two attached hydrogens (primary N) is 1. The van der Waals surface area contributed by atoms with Crippen molar-refractivity contribution in [2.45, 2.75) is 12.4 Å². The summed E-state index contributed by atoms with van der Waals surface area (Å²) in [7, 11) is 0. The average Bonchev–Trinajstić information content (AvgIpc) is 2.51. The second kappa shape index (κ2) is 4.66. The highest BCUT2D eigenvalue weighted by molar-refractivity contribution is 6.16. The molecule has 1 rings (SSSR count). The van der Waals surface area contributed by atoms with Crippen molar-refractivity contribution < 1.29 is 9.53 Å². The molecule has 72 valence electrons. The van der Waals surface area contributed by atoms with Crippen LogP contribution in [0.5, 0.6) is 0 Å². The van der Waals surface area contributed by atoms with E-state index in [0.717, 1.165) is 0 Å². The Hall–Kier alpha value is -1.30. The molecule has 6 nitrogen and oxygen atoms in total. The quantitative estimate of drug-likeness (QED) is 0.706. The molecule has 1 aromatic rings. The number of carbonyl (C=O) groups excluding carboxylic acids is 1. The van der Waals surface area contributed by atoms with Crippen molar-refractivity contribution in [3.63, 3.8) is 0 Å². The molecule has 2 N–H and O–H groups in total. The summed E-state index contributed by atoms with van der Waals surface area (Å²) in [6.07, 6.45) is 0.725. The fourth-order valence-electron chi connectivity index (χ4n) is 0.814. The number of rotatable bonds is 4. The van der Waals surface area contributed by atoms with Crippen molar-refractivity contribution in [2.75, 3.05) is 6.61 Å². The predicted molar refractivity (Wildman–Crippen MR) is 45.1 cm³/mol. The first-order valence-electron chi connectivity index (χ1n) is 3.59. The first-order valence-corrected chi connectivity index (χ1v) is 4.12. The second-order valence-electron chi connectivity index (χ2n) is 2.24. The molecule has 0 fully saturated rings. The Balaban J connectivity index is 2.40. The Morgan fingerprint density at radius 2 is 2.54 bits per heavy atom. The molecule has 0 saturated heterocycles. The summed E-state index contributed by atoms with van der Waals surface area (Å²) in [6, 6.07) is 0. The number of aromatic nitrogens is 3. The summed E-state index contributed by atoms with van der Waals surface area (Å²) < 4.78 is 6.22. The minimum Gasteiger partial charge on any atom is -0.448 e.